The number of thioether (sulfide) groups is 1. The molecule has 0 saturated carbocycles. The number of rotatable bonds is 7. The van der Waals surface area contributed by atoms with E-state index in [-0.39, 0.29) is 11.6 Å². The van der Waals surface area contributed by atoms with Crippen LogP contribution in [0.15, 0.2) is 18.2 Å². The molecule has 0 heterocycles. The van der Waals surface area contributed by atoms with Crippen molar-refractivity contribution in [1.29, 1.82) is 0 Å². The van der Waals surface area contributed by atoms with Crippen LogP contribution in [-0.4, -0.2) is 31.0 Å². The van der Waals surface area contributed by atoms with Crippen LogP contribution in [0.2, 0.25) is 0 Å². The topological polar surface area (TPSA) is 76.4 Å². The highest BCUT2D eigenvalue weighted by Crippen LogP contribution is 2.27. The van der Waals surface area contributed by atoms with Gasteiger partial charge >= 0.3 is 6.03 Å². The molecule has 1 aromatic rings. The van der Waals surface area contributed by atoms with E-state index in [0.717, 1.165) is 17.7 Å². The van der Waals surface area contributed by atoms with Crippen LogP contribution in [0, 0.1) is 0 Å². The molecule has 2 amide bonds. The summed E-state index contributed by atoms with van der Waals surface area (Å²) in [6.07, 6.45) is 2.83. The second-order valence-electron chi connectivity index (χ2n) is 6.08. The summed E-state index contributed by atoms with van der Waals surface area (Å²) in [4.78, 5) is 12.0. The molecular formula is C16H27N3O2S. The van der Waals surface area contributed by atoms with Gasteiger partial charge in [-0.15, -0.1) is 0 Å². The van der Waals surface area contributed by atoms with E-state index in [1.54, 1.807) is 11.8 Å². The zero-order valence-corrected chi connectivity index (χ0v) is 14.7. The summed E-state index contributed by atoms with van der Waals surface area (Å²) in [6.45, 7) is 6.93. The molecule has 0 aliphatic rings. The third-order valence-electron chi connectivity index (χ3n) is 2.70. The van der Waals surface area contributed by atoms with Crippen LogP contribution in [0.3, 0.4) is 0 Å². The molecule has 5 nitrogen and oxygen atoms in total. The summed E-state index contributed by atoms with van der Waals surface area (Å²) in [5, 5.41) is 5.72. The predicted octanol–water partition coefficient (Wildman–Crippen LogP) is 3.20. The minimum Gasteiger partial charge on any atom is -0.491 e. The smallest absolute Gasteiger partial charge is 0.319 e. The Kier molecular flexibility index (Phi) is 7.55. The first kappa shape index (κ1) is 18.6. The first-order valence-electron chi connectivity index (χ1n) is 7.39. The number of hydrogen-bond acceptors (Lipinski definition) is 4. The molecule has 22 heavy (non-hydrogen) atoms. The Balaban J connectivity index is 2.84. The summed E-state index contributed by atoms with van der Waals surface area (Å²) in [5.74, 6) is 1.59. The number of amides is 2. The molecule has 0 bridgehead atoms. The van der Waals surface area contributed by atoms with Crippen molar-refractivity contribution in [2.45, 2.75) is 38.5 Å². The van der Waals surface area contributed by atoms with Crippen molar-refractivity contribution in [3.8, 4) is 5.75 Å². The fourth-order valence-corrected chi connectivity index (χ4v) is 2.32. The third kappa shape index (κ3) is 7.04. The summed E-state index contributed by atoms with van der Waals surface area (Å²) in [6, 6.07) is 5.61. The fourth-order valence-electron chi connectivity index (χ4n) is 1.81. The molecule has 0 unspecified atom stereocenters. The van der Waals surface area contributed by atoms with Crippen LogP contribution >= 0.6 is 11.8 Å². The second-order valence-corrected chi connectivity index (χ2v) is 6.95. The first-order chi connectivity index (χ1) is 10.4. The molecule has 6 heteroatoms. The molecule has 0 aromatic heterocycles. The molecular weight excluding hydrogens is 298 g/mol. The number of ether oxygens (including phenoxy) is 1. The standard InChI is InChI=1S/C16H27N3O2S/c1-16(2,3)19-15(20)18-13-7-6-12(11-22-4)10-14(13)21-9-5-8-17/h6-7,10H,5,8-9,11,17H2,1-4H3,(H2,18,19,20). The molecule has 0 saturated heterocycles. The molecule has 4 N–H and O–H groups in total. The minimum atomic E-state index is -0.288. The van der Waals surface area contributed by atoms with E-state index in [9.17, 15) is 4.79 Å². The van der Waals surface area contributed by atoms with Gasteiger partial charge in [0, 0.05) is 11.3 Å². The fraction of sp³-hybridized carbons (Fsp3) is 0.562. The normalized spacial score (nSPS) is 11.1. The van der Waals surface area contributed by atoms with E-state index in [4.69, 9.17) is 10.5 Å². The van der Waals surface area contributed by atoms with Gasteiger partial charge in [-0.2, -0.15) is 11.8 Å². The van der Waals surface area contributed by atoms with Crippen molar-refractivity contribution in [1.82, 2.24) is 5.32 Å². The Labute approximate surface area is 137 Å². The molecule has 0 spiro atoms. The SMILES string of the molecule is CSCc1ccc(NC(=O)NC(C)(C)C)c(OCCCN)c1. The van der Waals surface area contributed by atoms with Gasteiger partial charge in [0.25, 0.3) is 0 Å². The number of nitrogens with one attached hydrogen (secondary N) is 2. The van der Waals surface area contributed by atoms with Crippen molar-refractivity contribution in [2.75, 3.05) is 24.7 Å². The van der Waals surface area contributed by atoms with Gasteiger partial charge in [0.2, 0.25) is 0 Å². The van der Waals surface area contributed by atoms with Crippen LogP contribution in [-0.2, 0) is 5.75 Å². The maximum atomic E-state index is 12.0. The minimum absolute atomic E-state index is 0.242. The van der Waals surface area contributed by atoms with Gasteiger partial charge in [0.15, 0.2) is 0 Å². The lowest BCUT2D eigenvalue weighted by atomic mass is 10.1. The first-order valence-corrected chi connectivity index (χ1v) is 8.79. The predicted molar refractivity (Wildman–Crippen MR) is 94.7 cm³/mol. The third-order valence-corrected chi connectivity index (χ3v) is 3.32. The van der Waals surface area contributed by atoms with Crippen LogP contribution < -0.4 is 21.1 Å². The Hall–Kier alpha value is -1.40. The zero-order chi connectivity index (χ0) is 16.6. The molecule has 1 aromatic carbocycles. The van der Waals surface area contributed by atoms with Gasteiger partial charge in [-0.1, -0.05) is 6.07 Å². The van der Waals surface area contributed by atoms with Crippen molar-refractivity contribution >= 4 is 23.5 Å². The van der Waals surface area contributed by atoms with Gasteiger partial charge in [-0.25, -0.2) is 4.79 Å². The highest BCUT2D eigenvalue weighted by Gasteiger charge is 2.15. The summed E-state index contributed by atoms with van der Waals surface area (Å²) >= 11 is 1.74. The number of anilines is 1. The average Bonchev–Trinajstić information content (AvgIpc) is 2.40. The Morgan fingerprint density at radius 1 is 1.36 bits per heavy atom. The Bertz CT molecular complexity index is 487. The number of urea groups is 1. The monoisotopic (exact) mass is 325 g/mol. The highest BCUT2D eigenvalue weighted by molar-refractivity contribution is 7.97. The molecule has 1 rings (SSSR count). The van der Waals surface area contributed by atoms with Crippen molar-refractivity contribution in [3.05, 3.63) is 23.8 Å². The van der Waals surface area contributed by atoms with Gasteiger partial charge < -0.3 is 21.1 Å². The van der Waals surface area contributed by atoms with Crippen molar-refractivity contribution in [3.63, 3.8) is 0 Å². The molecule has 0 aliphatic carbocycles. The van der Waals surface area contributed by atoms with Gasteiger partial charge in [0.1, 0.15) is 5.75 Å². The van der Waals surface area contributed by atoms with Crippen LogP contribution in [0.4, 0.5) is 10.5 Å². The van der Waals surface area contributed by atoms with Crippen LogP contribution in [0.5, 0.6) is 5.75 Å². The lowest BCUT2D eigenvalue weighted by Crippen LogP contribution is -2.43. The van der Waals surface area contributed by atoms with E-state index in [0.29, 0.717) is 24.6 Å². The van der Waals surface area contributed by atoms with E-state index >= 15 is 0 Å². The number of carbonyl (C=O) groups excluding carboxylic acids is 1. The zero-order valence-electron chi connectivity index (χ0n) is 13.9. The van der Waals surface area contributed by atoms with Gasteiger partial charge in [-0.3, -0.25) is 0 Å². The molecule has 124 valence electrons. The van der Waals surface area contributed by atoms with Crippen LogP contribution in [0.25, 0.3) is 0 Å². The summed E-state index contributed by atoms with van der Waals surface area (Å²) in [7, 11) is 0. The number of carbonyl (C=O) groups is 1. The van der Waals surface area contributed by atoms with Crippen molar-refractivity contribution < 1.29 is 9.53 Å². The molecule has 0 atom stereocenters. The van der Waals surface area contributed by atoms with Gasteiger partial charge in [0.05, 0.1) is 12.3 Å². The summed E-state index contributed by atoms with van der Waals surface area (Å²) < 4.78 is 5.76. The Morgan fingerprint density at radius 3 is 2.68 bits per heavy atom. The largest absolute Gasteiger partial charge is 0.491 e. The molecule has 0 aliphatic heterocycles. The average molecular weight is 325 g/mol. The molecule has 0 radical (unpaired) electrons. The Morgan fingerprint density at radius 2 is 2.09 bits per heavy atom. The van der Waals surface area contributed by atoms with E-state index in [2.05, 4.69) is 16.9 Å². The summed E-state index contributed by atoms with van der Waals surface area (Å²) in [5.41, 5.74) is 7.04. The number of nitrogens with two attached hydrogens (primary N) is 1. The number of hydrogen-bond donors (Lipinski definition) is 3. The van der Waals surface area contributed by atoms with Crippen molar-refractivity contribution in [2.24, 2.45) is 5.73 Å². The lowest BCUT2D eigenvalue weighted by Gasteiger charge is -2.21. The maximum Gasteiger partial charge on any atom is 0.319 e. The molecule has 0 fully saturated rings. The van der Waals surface area contributed by atoms with E-state index in [1.165, 1.54) is 0 Å². The highest BCUT2D eigenvalue weighted by atomic mass is 32.2. The van der Waals surface area contributed by atoms with Gasteiger partial charge in [-0.05, 0) is 57.7 Å². The number of benzene rings is 1. The quantitative estimate of drug-likeness (QED) is 0.673. The van der Waals surface area contributed by atoms with E-state index in [1.807, 2.05) is 39.0 Å². The maximum absolute atomic E-state index is 12.0. The van der Waals surface area contributed by atoms with E-state index < -0.39 is 0 Å². The van der Waals surface area contributed by atoms with Crippen LogP contribution in [0.1, 0.15) is 32.8 Å². The second kappa shape index (κ2) is 8.90. The lowest BCUT2D eigenvalue weighted by molar-refractivity contribution is 0.243.